The number of carbonyl (C=O) groups excluding carboxylic acids is 1. The Hall–Kier alpha value is -0.870. The quantitative estimate of drug-likeness (QED) is 0.801. The first kappa shape index (κ1) is 13.2. The number of rotatable bonds is 6. The van der Waals surface area contributed by atoms with Crippen LogP contribution in [0.5, 0.6) is 0 Å². The molecule has 0 saturated carbocycles. The zero-order chi connectivity index (χ0) is 12.0. The molecule has 4 heteroatoms. The number of carbonyl (C=O) groups is 1. The van der Waals surface area contributed by atoms with Gasteiger partial charge in [0.2, 0.25) is 5.91 Å². The van der Waals surface area contributed by atoms with E-state index in [4.69, 9.17) is 5.73 Å². The minimum Gasteiger partial charge on any atom is -0.349 e. The summed E-state index contributed by atoms with van der Waals surface area (Å²) in [5.41, 5.74) is 5.43. The fourth-order valence-corrected chi connectivity index (χ4v) is 2.25. The van der Waals surface area contributed by atoms with Gasteiger partial charge in [0, 0.05) is 10.8 Å². The van der Waals surface area contributed by atoms with E-state index in [-0.39, 0.29) is 17.9 Å². The van der Waals surface area contributed by atoms with E-state index in [0.717, 1.165) is 12.8 Å². The molecule has 1 aromatic heterocycles. The molecular weight excluding hydrogens is 220 g/mol. The normalized spacial score (nSPS) is 14.4. The van der Waals surface area contributed by atoms with Crippen molar-refractivity contribution in [2.75, 3.05) is 6.54 Å². The average molecular weight is 240 g/mol. The highest BCUT2D eigenvalue weighted by atomic mass is 32.1. The predicted octanol–water partition coefficient (Wildman–Crippen LogP) is 2.30. The van der Waals surface area contributed by atoms with Crippen LogP contribution in [0.3, 0.4) is 0 Å². The molecule has 2 atom stereocenters. The van der Waals surface area contributed by atoms with Crippen LogP contribution in [-0.4, -0.2) is 12.5 Å². The molecule has 0 saturated heterocycles. The Labute approximate surface area is 101 Å². The number of thiophene rings is 1. The van der Waals surface area contributed by atoms with Gasteiger partial charge in [-0.25, -0.2) is 0 Å². The number of hydrogen-bond donors (Lipinski definition) is 2. The lowest BCUT2D eigenvalue weighted by atomic mass is 10.0. The van der Waals surface area contributed by atoms with Crippen LogP contribution in [0.15, 0.2) is 17.5 Å². The molecule has 0 aliphatic heterocycles. The number of amides is 1. The minimum atomic E-state index is 0.0472. The van der Waals surface area contributed by atoms with Crippen LogP contribution in [0.25, 0.3) is 0 Å². The van der Waals surface area contributed by atoms with Gasteiger partial charge in [-0.1, -0.05) is 13.0 Å². The second-order valence-electron chi connectivity index (χ2n) is 4.08. The Morgan fingerprint density at radius 3 is 2.88 bits per heavy atom. The second-order valence-corrected chi connectivity index (χ2v) is 5.06. The van der Waals surface area contributed by atoms with Crippen LogP contribution >= 0.6 is 11.3 Å². The Kier molecular flexibility index (Phi) is 5.49. The molecule has 0 bridgehead atoms. The summed E-state index contributed by atoms with van der Waals surface area (Å²) in [6.07, 6.45) is 1.77. The van der Waals surface area contributed by atoms with Crippen LogP contribution < -0.4 is 11.1 Å². The molecule has 1 amide bonds. The third-order valence-corrected chi connectivity index (χ3v) is 3.67. The lowest BCUT2D eigenvalue weighted by Crippen LogP contribution is -2.31. The maximum absolute atomic E-state index is 11.8. The van der Waals surface area contributed by atoms with Crippen molar-refractivity contribution >= 4 is 17.2 Å². The SMILES string of the molecule is CC(CCCN)C(=O)N[C@H](C)c1cccs1. The maximum Gasteiger partial charge on any atom is 0.223 e. The molecule has 90 valence electrons. The zero-order valence-electron chi connectivity index (χ0n) is 9.90. The van der Waals surface area contributed by atoms with Crippen LogP contribution in [-0.2, 0) is 4.79 Å². The second kappa shape index (κ2) is 6.66. The molecule has 0 radical (unpaired) electrons. The van der Waals surface area contributed by atoms with Crippen molar-refractivity contribution in [1.82, 2.24) is 5.32 Å². The van der Waals surface area contributed by atoms with E-state index in [1.165, 1.54) is 4.88 Å². The monoisotopic (exact) mass is 240 g/mol. The molecule has 1 unspecified atom stereocenters. The maximum atomic E-state index is 11.8. The van der Waals surface area contributed by atoms with Gasteiger partial charge in [-0.05, 0) is 37.8 Å². The van der Waals surface area contributed by atoms with E-state index >= 15 is 0 Å². The van der Waals surface area contributed by atoms with Crippen LogP contribution in [0.2, 0.25) is 0 Å². The van der Waals surface area contributed by atoms with Crippen molar-refractivity contribution in [3.05, 3.63) is 22.4 Å². The summed E-state index contributed by atoms with van der Waals surface area (Å²) >= 11 is 1.67. The highest BCUT2D eigenvalue weighted by Crippen LogP contribution is 2.18. The number of hydrogen-bond acceptors (Lipinski definition) is 3. The minimum absolute atomic E-state index is 0.0472. The van der Waals surface area contributed by atoms with Crippen LogP contribution in [0.4, 0.5) is 0 Å². The van der Waals surface area contributed by atoms with Crippen molar-refractivity contribution in [3.8, 4) is 0 Å². The highest BCUT2D eigenvalue weighted by molar-refractivity contribution is 7.10. The Bertz CT molecular complexity index is 311. The standard InChI is InChI=1S/C12H20N2OS/c1-9(5-3-7-13)12(15)14-10(2)11-6-4-8-16-11/h4,6,8-10H,3,5,7,13H2,1-2H3,(H,14,15)/t9?,10-/m1/s1. The smallest absolute Gasteiger partial charge is 0.223 e. The lowest BCUT2D eigenvalue weighted by molar-refractivity contribution is -0.125. The first-order valence-electron chi connectivity index (χ1n) is 5.69. The van der Waals surface area contributed by atoms with E-state index < -0.39 is 0 Å². The Morgan fingerprint density at radius 1 is 1.56 bits per heavy atom. The fourth-order valence-electron chi connectivity index (χ4n) is 1.52. The van der Waals surface area contributed by atoms with Crippen LogP contribution in [0, 0.1) is 5.92 Å². The molecule has 3 N–H and O–H groups in total. The van der Waals surface area contributed by atoms with Crippen molar-refractivity contribution in [2.24, 2.45) is 11.7 Å². The third-order valence-electron chi connectivity index (χ3n) is 2.62. The summed E-state index contributed by atoms with van der Waals surface area (Å²) in [6, 6.07) is 4.15. The number of nitrogens with two attached hydrogens (primary N) is 1. The summed E-state index contributed by atoms with van der Waals surface area (Å²) in [5.74, 6) is 0.167. The molecule has 0 fully saturated rings. The zero-order valence-corrected chi connectivity index (χ0v) is 10.7. The van der Waals surface area contributed by atoms with Gasteiger partial charge in [0.05, 0.1) is 6.04 Å². The molecule has 0 spiro atoms. The lowest BCUT2D eigenvalue weighted by Gasteiger charge is -2.16. The molecule has 3 nitrogen and oxygen atoms in total. The van der Waals surface area contributed by atoms with Crippen molar-refractivity contribution in [2.45, 2.75) is 32.7 Å². The van der Waals surface area contributed by atoms with Gasteiger partial charge in [-0.2, -0.15) is 0 Å². The highest BCUT2D eigenvalue weighted by Gasteiger charge is 2.15. The van der Waals surface area contributed by atoms with E-state index in [1.807, 2.05) is 31.4 Å². The summed E-state index contributed by atoms with van der Waals surface area (Å²) < 4.78 is 0. The fraction of sp³-hybridized carbons (Fsp3) is 0.583. The summed E-state index contributed by atoms with van der Waals surface area (Å²) in [4.78, 5) is 13.0. The number of nitrogens with one attached hydrogen (secondary N) is 1. The first-order valence-corrected chi connectivity index (χ1v) is 6.57. The summed E-state index contributed by atoms with van der Waals surface area (Å²) in [6.45, 7) is 4.61. The average Bonchev–Trinajstić information content (AvgIpc) is 2.79. The van der Waals surface area contributed by atoms with Crippen molar-refractivity contribution in [3.63, 3.8) is 0 Å². The van der Waals surface area contributed by atoms with E-state index in [9.17, 15) is 4.79 Å². The molecular formula is C12H20N2OS. The van der Waals surface area contributed by atoms with E-state index in [2.05, 4.69) is 5.32 Å². The molecule has 1 rings (SSSR count). The molecule has 0 aromatic carbocycles. The Morgan fingerprint density at radius 2 is 2.31 bits per heavy atom. The van der Waals surface area contributed by atoms with Crippen molar-refractivity contribution in [1.29, 1.82) is 0 Å². The first-order chi connectivity index (χ1) is 7.65. The van der Waals surface area contributed by atoms with Gasteiger partial charge < -0.3 is 11.1 Å². The van der Waals surface area contributed by atoms with E-state index in [0.29, 0.717) is 6.54 Å². The van der Waals surface area contributed by atoms with Crippen molar-refractivity contribution < 1.29 is 4.79 Å². The molecule has 1 heterocycles. The van der Waals surface area contributed by atoms with Gasteiger partial charge in [-0.3, -0.25) is 4.79 Å². The molecule has 0 aliphatic carbocycles. The van der Waals surface area contributed by atoms with Gasteiger partial charge in [0.25, 0.3) is 0 Å². The largest absolute Gasteiger partial charge is 0.349 e. The summed E-state index contributed by atoms with van der Waals surface area (Å²) in [7, 11) is 0. The summed E-state index contributed by atoms with van der Waals surface area (Å²) in [5, 5.41) is 5.05. The van der Waals surface area contributed by atoms with Crippen LogP contribution in [0.1, 0.15) is 37.6 Å². The van der Waals surface area contributed by atoms with Gasteiger partial charge in [-0.15, -0.1) is 11.3 Å². The Balaban J connectivity index is 2.39. The predicted molar refractivity (Wildman–Crippen MR) is 68.3 cm³/mol. The molecule has 1 aromatic rings. The van der Waals surface area contributed by atoms with E-state index in [1.54, 1.807) is 11.3 Å². The topological polar surface area (TPSA) is 55.1 Å². The van der Waals surface area contributed by atoms with Gasteiger partial charge >= 0.3 is 0 Å². The van der Waals surface area contributed by atoms with Gasteiger partial charge in [0.1, 0.15) is 0 Å². The third kappa shape index (κ3) is 3.94. The van der Waals surface area contributed by atoms with Gasteiger partial charge in [0.15, 0.2) is 0 Å². The molecule has 16 heavy (non-hydrogen) atoms. The molecule has 0 aliphatic rings.